The van der Waals surface area contributed by atoms with Gasteiger partial charge in [-0.25, -0.2) is 14.6 Å². The number of imide groups is 1. The van der Waals surface area contributed by atoms with Gasteiger partial charge in [0.25, 0.3) is 5.91 Å². The summed E-state index contributed by atoms with van der Waals surface area (Å²) in [6.45, 7) is 5.78. The third kappa shape index (κ3) is 3.80. The molecular weight excluding hydrogens is 412 g/mol. The van der Waals surface area contributed by atoms with Gasteiger partial charge in [0, 0.05) is 17.6 Å². The molecule has 32 heavy (non-hydrogen) atoms. The average Bonchev–Trinajstić information content (AvgIpc) is 3.41. The summed E-state index contributed by atoms with van der Waals surface area (Å²) in [5, 5.41) is 2.61. The first-order valence-electron chi connectivity index (χ1n) is 9.92. The summed E-state index contributed by atoms with van der Waals surface area (Å²) < 4.78 is 12.0. The zero-order chi connectivity index (χ0) is 23.0. The Morgan fingerprint density at radius 3 is 2.69 bits per heavy atom. The number of rotatable bonds is 5. The van der Waals surface area contributed by atoms with Crippen LogP contribution in [0.1, 0.15) is 38.8 Å². The van der Waals surface area contributed by atoms with Gasteiger partial charge in [0.05, 0.1) is 13.7 Å². The van der Waals surface area contributed by atoms with Crippen LogP contribution in [0.25, 0.3) is 11.9 Å². The lowest BCUT2D eigenvalue weighted by atomic mass is 10.2. The smallest absolute Gasteiger partial charge is 0.373 e. The highest BCUT2D eigenvalue weighted by atomic mass is 16.5. The van der Waals surface area contributed by atoms with E-state index in [2.05, 4.69) is 15.0 Å². The summed E-state index contributed by atoms with van der Waals surface area (Å²) in [6, 6.07) is 8.24. The third-order valence-corrected chi connectivity index (χ3v) is 5.22. The number of carbonyl (C=O) groups excluding carboxylic acids is 3. The van der Waals surface area contributed by atoms with Crippen molar-refractivity contribution in [3.63, 3.8) is 0 Å². The van der Waals surface area contributed by atoms with E-state index in [1.165, 1.54) is 19.2 Å². The first-order chi connectivity index (χ1) is 15.3. The quantitative estimate of drug-likeness (QED) is 0.375. The first-order valence-corrected chi connectivity index (χ1v) is 9.92. The molecule has 0 aromatic carbocycles. The van der Waals surface area contributed by atoms with E-state index in [0.29, 0.717) is 5.76 Å². The van der Waals surface area contributed by atoms with Crippen molar-refractivity contribution in [1.82, 2.24) is 19.8 Å². The highest BCUT2D eigenvalue weighted by Crippen LogP contribution is 2.24. The van der Waals surface area contributed by atoms with Crippen molar-refractivity contribution in [1.29, 1.82) is 0 Å². The summed E-state index contributed by atoms with van der Waals surface area (Å²) >= 11 is 0. The fourth-order valence-corrected chi connectivity index (χ4v) is 3.63. The number of amides is 3. The summed E-state index contributed by atoms with van der Waals surface area (Å²) in [6.07, 6.45) is 3.40. The normalized spacial score (nSPS) is 14.9. The van der Waals surface area contributed by atoms with E-state index in [9.17, 15) is 14.4 Å². The Labute approximate surface area is 184 Å². The maximum Gasteiger partial charge on any atom is 0.373 e. The molecule has 9 nitrogen and oxygen atoms in total. The van der Waals surface area contributed by atoms with Crippen LogP contribution in [-0.2, 0) is 16.1 Å². The second kappa shape index (κ2) is 8.18. The Bertz CT molecular complexity index is 1270. The highest BCUT2D eigenvalue weighted by Gasteiger charge is 2.34. The van der Waals surface area contributed by atoms with Crippen molar-refractivity contribution < 1.29 is 23.5 Å². The van der Waals surface area contributed by atoms with Gasteiger partial charge in [-0.05, 0) is 68.3 Å². The van der Waals surface area contributed by atoms with Crippen LogP contribution in [0.3, 0.4) is 0 Å². The molecule has 0 bridgehead atoms. The molecule has 9 heteroatoms. The number of urea groups is 1. The minimum Gasteiger partial charge on any atom is -0.463 e. The van der Waals surface area contributed by atoms with Gasteiger partial charge in [0.15, 0.2) is 0 Å². The summed E-state index contributed by atoms with van der Waals surface area (Å²) in [7, 11) is 1.24. The summed E-state index contributed by atoms with van der Waals surface area (Å²) in [5.41, 5.74) is 3.88. The number of furan rings is 1. The minimum absolute atomic E-state index is 0.00233. The molecule has 0 aliphatic carbocycles. The Morgan fingerprint density at radius 2 is 1.97 bits per heavy atom. The molecule has 164 valence electrons. The topological polar surface area (TPSA) is 107 Å². The fourth-order valence-electron chi connectivity index (χ4n) is 3.63. The van der Waals surface area contributed by atoms with Crippen molar-refractivity contribution in [3.8, 4) is 5.82 Å². The number of nitrogens with zero attached hydrogens (tertiary/aromatic N) is 3. The zero-order valence-electron chi connectivity index (χ0n) is 18.1. The van der Waals surface area contributed by atoms with Crippen LogP contribution in [0.15, 0.2) is 46.6 Å². The van der Waals surface area contributed by atoms with Crippen molar-refractivity contribution in [3.05, 3.63) is 76.3 Å². The number of aryl methyl sites for hydroxylation is 2. The van der Waals surface area contributed by atoms with E-state index in [-0.39, 0.29) is 18.0 Å². The first kappa shape index (κ1) is 21.1. The molecule has 1 saturated heterocycles. The van der Waals surface area contributed by atoms with Gasteiger partial charge in [-0.1, -0.05) is 0 Å². The maximum absolute atomic E-state index is 12.9. The number of pyridine rings is 1. The lowest BCUT2D eigenvalue weighted by molar-refractivity contribution is -0.123. The summed E-state index contributed by atoms with van der Waals surface area (Å²) in [4.78, 5) is 42.3. The molecule has 1 N–H and O–H groups in total. The van der Waals surface area contributed by atoms with E-state index >= 15 is 0 Å². The number of hydrogen-bond acceptors (Lipinski definition) is 6. The molecule has 3 aromatic heterocycles. The van der Waals surface area contributed by atoms with Crippen LogP contribution >= 0.6 is 0 Å². The number of methoxy groups -OCH3 is 1. The number of esters is 1. The molecule has 0 atom stereocenters. The van der Waals surface area contributed by atoms with Gasteiger partial charge >= 0.3 is 12.0 Å². The Balaban J connectivity index is 1.59. The lowest BCUT2D eigenvalue weighted by Crippen LogP contribution is -2.30. The van der Waals surface area contributed by atoms with Crippen LogP contribution in [0, 0.1) is 20.8 Å². The van der Waals surface area contributed by atoms with Crippen LogP contribution in [-0.4, -0.2) is 39.5 Å². The summed E-state index contributed by atoms with van der Waals surface area (Å²) in [5.74, 6) is -0.0364. The molecule has 4 heterocycles. The van der Waals surface area contributed by atoms with E-state index in [4.69, 9.17) is 4.42 Å². The molecule has 0 saturated carbocycles. The molecule has 1 fully saturated rings. The largest absolute Gasteiger partial charge is 0.463 e. The average molecular weight is 434 g/mol. The fraction of sp³-hybridized carbons (Fsp3) is 0.217. The van der Waals surface area contributed by atoms with Crippen LogP contribution in [0.2, 0.25) is 0 Å². The van der Waals surface area contributed by atoms with Gasteiger partial charge in [0.1, 0.15) is 17.3 Å². The van der Waals surface area contributed by atoms with Crippen LogP contribution in [0.5, 0.6) is 0 Å². The zero-order valence-corrected chi connectivity index (χ0v) is 18.1. The Morgan fingerprint density at radius 1 is 1.19 bits per heavy atom. The van der Waals surface area contributed by atoms with Gasteiger partial charge < -0.3 is 19.0 Å². The molecule has 0 unspecified atom stereocenters. The van der Waals surface area contributed by atoms with Crippen molar-refractivity contribution in [2.45, 2.75) is 27.3 Å². The van der Waals surface area contributed by atoms with Crippen molar-refractivity contribution in [2.24, 2.45) is 0 Å². The van der Waals surface area contributed by atoms with Gasteiger partial charge in [0.2, 0.25) is 5.76 Å². The van der Waals surface area contributed by atoms with Crippen molar-refractivity contribution >= 4 is 24.0 Å². The van der Waals surface area contributed by atoms with Crippen LogP contribution < -0.4 is 5.32 Å². The maximum atomic E-state index is 12.9. The minimum atomic E-state index is -0.632. The van der Waals surface area contributed by atoms with Crippen LogP contribution in [0.4, 0.5) is 4.79 Å². The number of carbonyl (C=O) groups is 3. The second-order valence-corrected chi connectivity index (χ2v) is 7.49. The number of aromatic nitrogens is 2. The number of nitrogens with one attached hydrogen (secondary N) is 1. The predicted molar refractivity (Wildman–Crippen MR) is 115 cm³/mol. The molecule has 3 aromatic rings. The highest BCUT2D eigenvalue weighted by molar-refractivity contribution is 6.13. The standard InChI is InChI=1S/C23H22N4O5/c1-13-7-8-24-20(9-13)27-14(2)10-16(15(27)3)11-18-21(28)26(23(30)25-18)12-17-5-6-19(32-17)22(29)31-4/h5-11H,12H2,1-4H3,(H,25,30). The molecule has 0 radical (unpaired) electrons. The third-order valence-electron chi connectivity index (χ3n) is 5.22. The van der Waals surface area contributed by atoms with Crippen molar-refractivity contribution in [2.75, 3.05) is 7.11 Å². The molecule has 4 rings (SSSR count). The molecular formula is C23H22N4O5. The SMILES string of the molecule is COC(=O)c1ccc(CN2C(=O)NC(=Cc3cc(C)n(-c4cc(C)ccn4)c3C)C2=O)o1. The number of hydrogen-bond donors (Lipinski definition) is 1. The monoisotopic (exact) mass is 434 g/mol. The molecule has 1 aliphatic rings. The number of ether oxygens (including phenoxy) is 1. The lowest BCUT2D eigenvalue weighted by Gasteiger charge is -2.09. The second-order valence-electron chi connectivity index (χ2n) is 7.49. The van der Waals surface area contributed by atoms with E-state index in [1.54, 1.807) is 12.3 Å². The van der Waals surface area contributed by atoms with E-state index in [0.717, 1.165) is 33.2 Å². The molecule has 3 amide bonds. The van der Waals surface area contributed by atoms with Gasteiger partial charge in [-0.3, -0.25) is 9.69 Å². The van der Waals surface area contributed by atoms with Gasteiger partial charge in [-0.15, -0.1) is 0 Å². The van der Waals surface area contributed by atoms with Gasteiger partial charge in [-0.2, -0.15) is 0 Å². The van der Waals surface area contributed by atoms with E-state index in [1.807, 2.05) is 43.5 Å². The van der Waals surface area contributed by atoms with E-state index < -0.39 is 17.9 Å². The Kier molecular flexibility index (Phi) is 5.40. The predicted octanol–water partition coefficient (Wildman–Crippen LogP) is 3.27. The Hall–Kier alpha value is -4.14. The molecule has 0 spiro atoms. The molecule has 1 aliphatic heterocycles.